The number of nitrogens with two attached hydrogens (primary N) is 2. The van der Waals surface area contributed by atoms with Crippen LogP contribution < -0.4 is 11.5 Å². The molecule has 76 valence electrons. The molecule has 0 fully saturated rings. The van der Waals surface area contributed by atoms with Crippen LogP contribution in [0.15, 0.2) is 24.8 Å². The molecule has 2 aromatic rings. The van der Waals surface area contributed by atoms with Gasteiger partial charge in [-0.2, -0.15) is 5.10 Å². The fourth-order valence-corrected chi connectivity index (χ4v) is 1.01. The van der Waals surface area contributed by atoms with E-state index in [1.807, 2.05) is 0 Å². The number of carbonyl (C=O) groups is 1. The van der Waals surface area contributed by atoms with Crippen molar-refractivity contribution in [3.63, 3.8) is 0 Å². The van der Waals surface area contributed by atoms with Gasteiger partial charge in [-0.05, 0) is 0 Å². The Labute approximate surface area is 84.7 Å². The molecule has 15 heavy (non-hydrogen) atoms. The minimum absolute atomic E-state index is 0.301. The van der Waals surface area contributed by atoms with E-state index in [0.29, 0.717) is 17.2 Å². The molecule has 7 heteroatoms. The van der Waals surface area contributed by atoms with Crippen LogP contribution in [0, 0.1) is 0 Å². The van der Waals surface area contributed by atoms with E-state index in [1.165, 1.54) is 29.5 Å². The van der Waals surface area contributed by atoms with Crippen molar-refractivity contribution in [1.29, 1.82) is 0 Å². The van der Waals surface area contributed by atoms with E-state index < -0.39 is 5.91 Å². The summed E-state index contributed by atoms with van der Waals surface area (Å²) in [5.41, 5.74) is 11.3. The molecular weight excluding hydrogens is 196 g/mol. The van der Waals surface area contributed by atoms with E-state index in [9.17, 15) is 4.79 Å². The smallest absolute Gasteiger partial charge is 0.251 e. The van der Waals surface area contributed by atoms with Crippen LogP contribution in [-0.2, 0) is 0 Å². The molecule has 7 nitrogen and oxygen atoms in total. The highest BCUT2D eigenvalue weighted by atomic mass is 16.1. The van der Waals surface area contributed by atoms with Crippen molar-refractivity contribution >= 4 is 11.6 Å². The molecule has 2 heterocycles. The van der Waals surface area contributed by atoms with Gasteiger partial charge in [0.25, 0.3) is 11.9 Å². The van der Waals surface area contributed by atoms with Gasteiger partial charge in [-0.1, -0.05) is 0 Å². The number of amides is 1. The van der Waals surface area contributed by atoms with Crippen LogP contribution in [0.5, 0.6) is 0 Å². The van der Waals surface area contributed by atoms with E-state index in [-0.39, 0.29) is 0 Å². The molecule has 0 aliphatic heterocycles. The molecular formula is C8H8N6O. The average Bonchev–Trinajstić information content (AvgIpc) is 2.68. The van der Waals surface area contributed by atoms with Gasteiger partial charge in [0.2, 0.25) is 0 Å². The number of carbonyl (C=O) groups excluding carboxylic acids is 1. The van der Waals surface area contributed by atoms with Crippen molar-refractivity contribution in [2.75, 3.05) is 5.73 Å². The molecule has 2 aromatic heterocycles. The van der Waals surface area contributed by atoms with Crippen LogP contribution in [0.4, 0.5) is 5.69 Å². The number of nitrogens with zero attached hydrogens (tertiary/aromatic N) is 4. The van der Waals surface area contributed by atoms with Gasteiger partial charge in [-0.3, -0.25) is 4.79 Å². The largest absolute Gasteiger partial charge is 0.396 e. The van der Waals surface area contributed by atoms with E-state index in [0.717, 1.165) is 0 Å². The first-order valence-corrected chi connectivity index (χ1v) is 4.09. The summed E-state index contributed by atoms with van der Waals surface area (Å²) in [5.74, 6) is -0.214. The van der Waals surface area contributed by atoms with Crippen LogP contribution in [0.1, 0.15) is 10.4 Å². The summed E-state index contributed by atoms with van der Waals surface area (Å²) in [6.07, 6.45) is 5.71. The van der Waals surface area contributed by atoms with Crippen molar-refractivity contribution in [3.05, 3.63) is 30.4 Å². The summed E-state index contributed by atoms with van der Waals surface area (Å²) in [4.78, 5) is 18.7. The van der Waals surface area contributed by atoms with E-state index in [2.05, 4.69) is 15.1 Å². The molecule has 2 rings (SSSR count). The molecule has 0 saturated carbocycles. The van der Waals surface area contributed by atoms with Gasteiger partial charge in [-0.25, -0.2) is 14.6 Å². The van der Waals surface area contributed by atoms with E-state index in [4.69, 9.17) is 11.5 Å². The quantitative estimate of drug-likeness (QED) is 0.674. The summed E-state index contributed by atoms with van der Waals surface area (Å²) in [7, 11) is 0. The monoisotopic (exact) mass is 204 g/mol. The minimum Gasteiger partial charge on any atom is -0.396 e. The maximum absolute atomic E-state index is 10.8. The second-order valence-corrected chi connectivity index (χ2v) is 2.85. The lowest BCUT2D eigenvalue weighted by Crippen LogP contribution is -2.09. The van der Waals surface area contributed by atoms with Crippen molar-refractivity contribution < 1.29 is 4.79 Å². The van der Waals surface area contributed by atoms with Gasteiger partial charge >= 0.3 is 0 Å². The first-order chi connectivity index (χ1) is 7.16. The van der Waals surface area contributed by atoms with Crippen LogP contribution in [0.3, 0.4) is 0 Å². The lowest BCUT2D eigenvalue weighted by molar-refractivity contribution is 0.100. The highest BCUT2D eigenvalue weighted by molar-refractivity contribution is 5.92. The highest BCUT2D eigenvalue weighted by Gasteiger charge is 2.06. The third-order valence-corrected chi connectivity index (χ3v) is 1.73. The Balaban J connectivity index is 2.37. The van der Waals surface area contributed by atoms with E-state index >= 15 is 0 Å². The first kappa shape index (κ1) is 9.13. The number of nitrogen functional groups attached to an aromatic ring is 1. The summed E-state index contributed by atoms with van der Waals surface area (Å²) >= 11 is 0. The number of anilines is 1. The molecule has 0 aromatic carbocycles. The Morgan fingerprint density at radius 2 is 1.93 bits per heavy atom. The van der Waals surface area contributed by atoms with Crippen LogP contribution in [0.25, 0.3) is 5.95 Å². The fraction of sp³-hybridized carbons (Fsp3) is 0. The van der Waals surface area contributed by atoms with Crippen molar-refractivity contribution in [1.82, 2.24) is 19.7 Å². The third-order valence-electron chi connectivity index (χ3n) is 1.73. The normalized spacial score (nSPS) is 10.1. The third kappa shape index (κ3) is 1.75. The predicted octanol–water partition coefficient (Wildman–Crippen LogP) is -0.657. The molecule has 0 spiro atoms. The van der Waals surface area contributed by atoms with Gasteiger partial charge in [0.15, 0.2) is 0 Å². The maximum Gasteiger partial charge on any atom is 0.251 e. The Hall–Kier alpha value is -2.44. The lowest BCUT2D eigenvalue weighted by atomic mass is 10.4. The number of hydrogen-bond donors (Lipinski definition) is 2. The van der Waals surface area contributed by atoms with Gasteiger partial charge in [0.05, 0.1) is 29.8 Å². The Bertz CT molecular complexity index is 488. The molecule has 1 amide bonds. The zero-order valence-electron chi connectivity index (χ0n) is 7.66. The zero-order chi connectivity index (χ0) is 10.8. The van der Waals surface area contributed by atoms with Crippen LogP contribution in [-0.4, -0.2) is 25.7 Å². The molecule has 0 bridgehead atoms. The van der Waals surface area contributed by atoms with Crippen LogP contribution in [0.2, 0.25) is 0 Å². The molecule has 0 aliphatic rings. The van der Waals surface area contributed by atoms with Gasteiger partial charge < -0.3 is 11.5 Å². The number of hydrogen-bond acceptors (Lipinski definition) is 5. The standard InChI is InChI=1S/C8H8N6O/c9-6-2-11-8(12-3-6)14-4-5(1-13-14)7(10)15/h1-4H,9H2,(H2,10,15). The van der Waals surface area contributed by atoms with Crippen LogP contribution >= 0.6 is 0 Å². The van der Waals surface area contributed by atoms with Crippen molar-refractivity contribution in [2.24, 2.45) is 5.73 Å². The zero-order valence-corrected chi connectivity index (χ0v) is 7.66. The SMILES string of the molecule is NC(=O)c1cnn(-c2ncc(N)cn2)c1. The number of primary amides is 1. The lowest BCUT2D eigenvalue weighted by Gasteiger charge is -1.97. The van der Waals surface area contributed by atoms with Crippen molar-refractivity contribution in [2.45, 2.75) is 0 Å². The first-order valence-electron chi connectivity index (χ1n) is 4.09. The fourth-order valence-electron chi connectivity index (χ4n) is 1.01. The summed E-state index contributed by atoms with van der Waals surface area (Å²) < 4.78 is 1.35. The molecule has 0 atom stereocenters. The second-order valence-electron chi connectivity index (χ2n) is 2.85. The second kappa shape index (κ2) is 3.37. The topological polar surface area (TPSA) is 113 Å². The summed E-state index contributed by atoms with van der Waals surface area (Å²) in [6.45, 7) is 0. The minimum atomic E-state index is -0.545. The molecule has 0 unspecified atom stereocenters. The Morgan fingerprint density at radius 1 is 1.27 bits per heavy atom. The molecule has 4 N–H and O–H groups in total. The predicted molar refractivity (Wildman–Crippen MR) is 52.1 cm³/mol. The summed E-state index contributed by atoms with van der Waals surface area (Å²) in [5, 5.41) is 3.89. The molecule has 0 aliphatic carbocycles. The Kier molecular flexibility index (Phi) is 2.05. The van der Waals surface area contributed by atoms with Gasteiger partial charge in [0, 0.05) is 6.20 Å². The Morgan fingerprint density at radius 3 is 2.47 bits per heavy atom. The highest BCUT2D eigenvalue weighted by Crippen LogP contribution is 2.03. The van der Waals surface area contributed by atoms with Crippen molar-refractivity contribution in [3.8, 4) is 5.95 Å². The summed E-state index contributed by atoms with van der Waals surface area (Å²) in [6, 6.07) is 0. The molecule has 0 radical (unpaired) electrons. The molecule has 0 saturated heterocycles. The van der Waals surface area contributed by atoms with Gasteiger partial charge in [0.1, 0.15) is 0 Å². The van der Waals surface area contributed by atoms with E-state index in [1.54, 1.807) is 0 Å². The maximum atomic E-state index is 10.8. The number of aromatic nitrogens is 4. The average molecular weight is 204 g/mol. The van der Waals surface area contributed by atoms with Gasteiger partial charge in [-0.15, -0.1) is 0 Å². The number of rotatable bonds is 2.